The van der Waals surface area contributed by atoms with Crippen molar-refractivity contribution < 1.29 is 9.84 Å². The largest absolute Gasteiger partial charge is 0.457 e. The van der Waals surface area contributed by atoms with Gasteiger partial charge in [-0.2, -0.15) is 0 Å². The molecule has 0 aromatic heterocycles. The normalized spacial score (nSPS) is 12.5. The number of hydrogen-bond acceptors (Lipinski definition) is 2. The highest BCUT2D eigenvalue weighted by Gasteiger charge is 2.12. The van der Waals surface area contributed by atoms with Crippen LogP contribution in [0, 0.1) is 0 Å². The molecule has 0 aliphatic rings. The van der Waals surface area contributed by atoms with Crippen molar-refractivity contribution in [3.05, 3.63) is 59.7 Å². The molecule has 0 fully saturated rings. The molecule has 0 amide bonds. The Balaban J connectivity index is 2.37. The predicted octanol–water partition coefficient (Wildman–Crippen LogP) is 4.66. The molecule has 1 atom stereocenters. The summed E-state index contributed by atoms with van der Waals surface area (Å²) in [5.74, 6) is 1.96. The maximum Gasteiger partial charge on any atom is 0.133 e. The molecule has 0 aliphatic carbocycles. The first-order valence-electron chi connectivity index (χ1n) is 6.63. The predicted molar refractivity (Wildman–Crippen MR) is 77.7 cm³/mol. The lowest BCUT2D eigenvalue weighted by Gasteiger charge is -2.16. The highest BCUT2D eigenvalue weighted by Crippen LogP contribution is 2.33. The molecule has 0 spiro atoms. The molecule has 2 aromatic rings. The molecule has 19 heavy (non-hydrogen) atoms. The van der Waals surface area contributed by atoms with E-state index in [1.54, 1.807) is 6.92 Å². The minimum atomic E-state index is -0.539. The van der Waals surface area contributed by atoms with Crippen molar-refractivity contribution in [1.82, 2.24) is 0 Å². The summed E-state index contributed by atoms with van der Waals surface area (Å²) >= 11 is 0. The first-order valence-corrected chi connectivity index (χ1v) is 6.63. The highest BCUT2D eigenvalue weighted by atomic mass is 16.5. The Morgan fingerprint density at radius 2 is 1.26 bits per heavy atom. The van der Waals surface area contributed by atoms with Crippen molar-refractivity contribution in [1.29, 1.82) is 0 Å². The van der Waals surface area contributed by atoms with E-state index in [4.69, 9.17) is 4.74 Å². The van der Waals surface area contributed by atoms with Gasteiger partial charge in [0.1, 0.15) is 11.5 Å². The first kappa shape index (κ1) is 13.6. The lowest BCUT2D eigenvalue weighted by molar-refractivity contribution is 0.195. The first-order chi connectivity index (χ1) is 9.09. The number of aliphatic hydroxyl groups is 1. The number of aliphatic hydroxyl groups excluding tert-OH is 1. The van der Waals surface area contributed by atoms with E-state index in [-0.39, 0.29) is 0 Å². The minimum absolute atomic E-state index is 0.398. The van der Waals surface area contributed by atoms with Gasteiger partial charge in [0, 0.05) is 5.56 Å². The zero-order chi connectivity index (χ0) is 13.8. The van der Waals surface area contributed by atoms with Gasteiger partial charge in [0.25, 0.3) is 0 Å². The molecule has 0 unspecified atom stereocenters. The molecule has 0 saturated heterocycles. The molecular formula is C17H20O2. The molecule has 2 rings (SSSR count). The zero-order valence-corrected chi connectivity index (χ0v) is 11.6. The van der Waals surface area contributed by atoms with Crippen molar-refractivity contribution >= 4 is 0 Å². The van der Waals surface area contributed by atoms with Crippen LogP contribution >= 0.6 is 0 Å². The van der Waals surface area contributed by atoms with Gasteiger partial charge < -0.3 is 9.84 Å². The molecule has 1 N–H and O–H groups in total. The van der Waals surface area contributed by atoms with Gasteiger partial charge >= 0.3 is 0 Å². The minimum Gasteiger partial charge on any atom is -0.457 e. The molecule has 2 heteroatoms. The molecular weight excluding hydrogens is 236 g/mol. The molecule has 100 valence electrons. The lowest BCUT2D eigenvalue weighted by atomic mass is 10.0. The van der Waals surface area contributed by atoms with E-state index < -0.39 is 6.10 Å². The Morgan fingerprint density at radius 3 is 1.79 bits per heavy atom. The van der Waals surface area contributed by atoms with Crippen LogP contribution in [0.15, 0.2) is 48.5 Å². The quantitative estimate of drug-likeness (QED) is 0.862. The van der Waals surface area contributed by atoms with Gasteiger partial charge in [-0.05, 0) is 30.5 Å². The SMILES string of the molecule is CC(C)c1ccccc1Oc1ccccc1[C@H](C)O. The van der Waals surface area contributed by atoms with Gasteiger partial charge in [-0.25, -0.2) is 0 Å². The smallest absolute Gasteiger partial charge is 0.133 e. The summed E-state index contributed by atoms with van der Waals surface area (Å²) in [6.07, 6.45) is -0.539. The van der Waals surface area contributed by atoms with E-state index in [1.165, 1.54) is 5.56 Å². The van der Waals surface area contributed by atoms with Gasteiger partial charge in [-0.3, -0.25) is 0 Å². The maximum absolute atomic E-state index is 9.78. The number of benzene rings is 2. The van der Waals surface area contributed by atoms with Crippen LogP contribution in [0.4, 0.5) is 0 Å². The number of ether oxygens (including phenoxy) is 1. The van der Waals surface area contributed by atoms with Crippen molar-refractivity contribution in [2.75, 3.05) is 0 Å². The van der Waals surface area contributed by atoms with Crippen molar-refractivity contribution in [3.63, 3.8) is 0 Å². The maximum atomic E-state index is 9.78. The Hall–Kier alpha value is -1.80. The van der Waals surface area contributed by atoms with Crippen LogP contribution in [-0.4, -0.2) is 5.11 Å². The molecule has 0 bridgehead atoms. The van der Waals surface area contributed by atoms with E-state index in [0.29, 0.717) is 11.7 Å². The highest BCUT2D eigenvalue weighted by molar-refractivity contribution is 5.43. The number of hydrogen-bond donors (Lipinski definition) is 1. The van der Waals surface area contributed by atoms with Crippen LogP contribution in [0.5, 0.6) is 11.5 Å². The van der Waals surface area contributed by atoms with Crippen molar-refractivity contribution in [3.8, 4) is 11.5 Å². The van der Waals surface area contributed by atoms with Crippen LogP contribution in [0.3, 0.4) is 0 Å². The summed E-state index contributed by atoms with van der Waals surface area (Å²) in [6, 6.07) is 15.6. The molecule has 0 radical (unpaired) electrons. The molecule has 2 aromatic carbocycles. The van der Waals surface area contributed by atoms with E-state index in [0.717, 1.165) is 11.3 Å². The van der Waals surface area contributed by atoms with Crippen LogP contribution in [-0.2, 0) is 0 Å². The summed E-state index contributed by atoms with van der Waals surface area (Å²) in [4.78, 5) is 0. The zero-order valence-electron chi connectivity index (χ0n) is 11.6. The molecule has 0 saturated carbocycles. The number of rotatable bonds is 4. The van der Waals surface area contributed by atoms with Crippen LogP contribution in [0.25, 0.3) is 0 Å². The third-order valence-electron chi connectivity index (χ3n) is 3.13. The summed E-state index contributed by atoms with van der Waals surface area (Å²) < 4.78 is 6.00. The molecule has 2 nitrogen and oxygen atoms in total. The fourth-order valence-electron chi connectivity index (χ4n) is 2.09. The second kappa shape index (κ2) is 5.89. The summed E-state index contributed by atoms with van der Waals surface area (Å²) in [6.45, 7) is 6.03. The lowest BCUT2D eigenvalue weighted by Crippen LogP contribution is -1.98. The fourth-order valence-corrected chi connectivity index (χ4v) is 2.09. The Labute approximate surface area is 114 Å². The Morgan fingerprint density at radius 1 is 0.789 bits per heavy atom. The van der Waals surface area contributed by atoms with Crippen LogP contribution in [0.1, 0.15) is 43.9 Å². The third kappa shape index (κ3) is 3.15. The second-order valence-electron chi connectivity index (χ2n) is 5.01. The van der Waals surface area contributed by atoms with E-state index >= 15 is 0 Å². The van der Waals surface area contributed by atoms with Gasteiger partial charge in [0.15, 0.2) is 0 Å². The second-order valence-corrected chi connectivity index (χ2v) is 5.01. The van der Waals surface area contributed by atoms with Gasteiger partial charge in [-0.15, -0.1) is 0 Å². The summed E-state index contributed by atoms with van der Waals surface area (Å²) in [5.41, 5.74) is 1.98. The fraction of sp³-hybridized carbons (Fsp3) is 0.294. The van der Waals surface area contributed by atoms with Gasteiger partial charge in [0.2, 0.25) is 0 Å². The average Bonchev–Trinajstić information content (AvgIpc) is 2.39. The van der Waals surface area contributed by atoms with Crippen LogP contribution in [0.2, 0.25) is 0 Å². The Kier molecular flexibility index (Phi) is 4.23. The van der Waals surface area contributed by atoms with E-state index in [2.05, 4.69) is 19.9 Å². The Bertz CT molecular complexity index is 495. The molecule has 0 aliphatic heterocycles. The third-order valence-corrected chi connectivity index (χ3v) is 3.13. The van der Waals surface area contributed by atoms with Gasteiger partial charge in [0.05, 0.1) is 6.10 Å². The van der Waals surface area contributed by atoms with Gasteiger partial charge in [-0.1, -0.05) is 50.2 Å². The average molecular weight is 256 g/mol. The topological polar surface area (TPSA) is 29.5 Å². The van der Waals surface area contributed by atoms with Crippen molar-refractivity contribution in [2.24, 2.45) is 0 Å². The summed E-state index contributed by atoms with van der Waals surface area (Å²) in [5, 5.41) is 9.78. The summed E-state index contributed by atoms with van der Waals surface area (Å²) in [7, 11) is 0. The monoisotopic (exact) mass is 256 g/mol. The van der Waals surface area contributed by atoms with Crippen LogP contribution < -0.4 is 4.74 Å². The number of para-hydroxylation sites is 2. The standard InChI is InChI=1S/C17H20O2/c1-12(2)14-8-4-6-10-16(14)19-17-11-7-5-9-15(17)13(3)18/h4-13,18H,1-3H3/t13-/m0/s1. The van der Waals surface area contributed by atoms with E-state index in [1.807, 2.05) is 42.5 Å². The molecule has 0 heterocycles. The van der Waals surface area contributed by atoms with Crippen molar-refractivity contribution in [2.45, 2.75) is 32.8 Å². The van der Waals surface area contributed by atoms with E-state index in [9.17, 15) is 5.11 Å².